The lowest BCUT2D eigenvalue weighted by Crippen LogP contribution is -2.24. The molecular formula is C27H22ClNO8S. The Kier molecular flexibility index (Phi) is 8.45. The van der Waals surface area contributed by atoms with Crippen LogP contribution < -0.4 is 15.7 Å². The number of esters is 2. The second-order valence-corrected chi connectivity index (χ2v) is 9.24. The first-order chi connectivity index (χ1) is 18.3. The van der Waals surface area contributed by atoms with Gasteiger partial charge in [0, 0.05) is 39.0 Å². The molecule has 1 amide bonds. The van der Waals surface area contributed by atoms with Crippen LogP contribution in [0.5, 0.6) is 5.75 Å². The molecule has 0 fully saturated rings. The molecule has 0 aliphatic carbocycles. The molecule has 0 spiro atoms. The average Bonchev–Trinajstić information content (AvgIpc) is 3.29. The number of aryl methyl sites for hydroxylation is 1. The van der Waals surface area contributed by atoms with Gasteiger partial charge >= 0.3 is 17.6 Å². The van der Waals surface area contributed by atoms with E-state index < -0.39 is 36.7 Å². The van der Waals surface area contributed by atoms with Crippen molar-refractivity contribution in [2.45, 2.75) is 13.8 Å². The number of hydrogen-bond donors (Lipinski definition) is 1. The maximum Gasteiger partial charge on any atom is 0.344 e. The Bertz CT molecular complexity index is 1580. The molecule has 0 aliphatic heterocycles. The van der Waals surface area contributed by atoms with E-state index in [9.17, 15) is 19.2 Å². The van der Waals surface area contributed by atoms with Crippen LogP contribution in [0, 0.1) is 6.92 Å². The summed E-state index contributed by atoms with van der Waals surface area (Å²) >= 11 is 7.42. The van der Waals surface area contributed by atoms with E-state index in [1.54, 1.807) is 55.6 Å². The maximum atomic E-state index is 12.7. The summed E-state index contributed by atoms with van der Waals surface area (Å²) in [6.45, 7) is 2.53. The number of hydrogen-bond acceptors (Lipinski definition) is 9. The Labute approximate surface area is 225 Å². The molecule has 4 aromatic rings. The van der Waals surface area contributed by atoms with Gasteiger partial charge in [0.1, 0.15) is 21.9 Å². The molecule has 38 heavy (non-hydrogen) atoms. The summed E-state index contributed by atoms with van der Waals surface area (Å²) < 4.78 is 20.7. The Hall–Kier alpha value is -4.15. The van der Waals surface area contributed by atoms with Crippen LogP contribution in [0.15, 0.2) is 63.1 Å². The minimum Gasteiger partial charge on any atom is -0.482 e. The van der Waals surface area contributed by atoms with Crippen molar-refractivity contribution in [1.82, 2.24) is 0 Å². The van der Waals surface area contributed by atoms with Gasteiger partial charge in [-0.1, -0.05) is 29.8 Å². The molecule has 2 aromatic carbocycles. The molecule has 0 radical (unpaired) electrons. The van der Waals surface area contributed by atoms with Crippen molar-refractivity contribution in [2.75, 3.05) is 25.1 Å². The molecule has 2 heterocycles. The fourth-order valence-corrected chi connectivity index (χ4v) is 4.82. The van der Waals surface area contributed by atoms with Gasteiger partial charge in [0.15, 0.2) is 13.2 Å². The predicted molar refractivity (Wildman–Crippen MR) is 143 cm³/mol. The third-order valence-electron chi connectivity index (χ3n) is 5.33. The molecule has 0 atom stereocenters. The summed E-state index contributed by atoms with van der Waals surface area (Å²) in [4.78, 5) is 48.9. The fourth-order valence-electron chi connectivity index (χ4n) is 3.62. The Morgan fingerprint density at radius 1 is 1.03 bits per heavy atom. The zero-order valence-electron chi connectivity index (χ0n) is 20.4. The topological polar surface area (TPSA) is 121 Å². The average molecular weight is 556 g/mol. The highest BCUT2D eigenvalue weighted by atomic mass is 35.5. The highest BCUT2D eigenvalue weighted by Gasteiger charge is 2.24. The summed E-state index contributed by atoms with van der Waals surface area (Å²) in [6, 6.07) is 13.2. The van der Waals surface area contributed by atoms with E-state index in [1.807, 2.05) is 0 Å². The summed E-state index contributed by atoms with van der Waals surface area (Å²) in [6.07, 6.45) is 0. The van der Waals surface area contributed by atoms with Gasteiger partial charge in [-0.2, -0.15) is 0 Å². The van der Waals surface area contributed by atoms with Gasteiger partial charge in [0.2, 0.25) is 0 Å². The highest BCUT2D eigenvalue weighted by molar-refractivity contribution is 7.15. The zero-order valence-corrected chi connectivity index (χ0v) is 21.9. The van der Waals surface area contributed by atoms with Gasteiger partial charge in [0.25, 0.3) is 5.91 Å². The van der Waals surface area contributed by atoms with Crippen molar-refractivity contribution in [1.29, 1.82) is 0 Å². The molecular weight excluding hydrogens is 534 g/mol. The van der Waals surface area contributed by atoms with Crippen molar-refractivity contribution in [2.24, 2.45) is 0 Å². The molecule has 4 rings (SSSR count). The number of rotatable bonds is 9. The lowest BCUT2D eigenvalue weighted by molar-refractivity contribution is -0.149. The number of carbonyl (C=O) groups is 3. The second kappa shape index (κ2) is 11.9. The van der Waals surface area contributed by atoms with Crippen molar-refractivity contribution in [3.05, 3.63) is 80.5 Å². The first-order valence-electron chi connectivity index (χ1n) is 11.4. The van der Waals surface area contributed by atoms with Crippen LogP contribution in [-0.2, 0) is 19.1 Å². The smallest absolute Gasteiger partial charge is 0.344 e. The minimum atomic E-state index is -0.792. The number of fused-ring (bicyclic) bond motifs is 1. The van der Waals surface area contributed by atoms with Crippen LogP contribution in [0.4, 0.5) is 5.00 Å². The molecule has 2 aromatic heterocycles. The number of amides is 1. The van der Waals surface area contributed by atoms with Gasteiger partial charge in [-0.25, -0.2) is 14.4 Å². The summed E-state index contributed by atoms with van der Waals surface area (Å²) in [5.74, 6) is -1.78. The van der Waals surface area contributed by atoms with Crippen LogP contribution in [-0.4, -0.2) is 37.7 Å². The molecule has 0 unspecified atom stereocenters. The van der Waals surface area contributed by atoms with Gasteiger partial charge in [0.05, 0.1) is 6.61 Å². The second-order valence-electron chi connectivity index (χ2n) is 7.96. The molecule has 196 valence electrons. The van der Waals surface area contributed by atoms with Gasteiger partial charge in [-0.3, -0.25) is 4.79 Å². The normalized spacial score (nSPS) is 10.7. The van der Waals surface area contributed by atoms with E-state index in [0.717, 1.165) is 22.3 Å². The van der Waals surface area contributed by atoms with Gasteiger partial charge in [-0.15, -0.1) is 11.3 Å². The van der Waals surface area contributed by atoms with Crippen LogP contribution in [0.3, 0.4) is 0 Å². The molecule has 1 N–H and O–H groups in total. The molecule has 0 aliphatic rings. The quantitative estimate of drug-likeness (QED) is 0.220. The molecule has 0 saturated heterocycles. The summed E-state index contributed by atoms with van der Waals surface area (Å²) in [5, 5.41) is 5.70. The fraction of sp³-hybridized carbons (Fsp3) is 0.185. The summed E-state index contributed by atoms with van der Waals surface area (Å²) in [5.41, 5.74) is 1.87. The van der Waals surface area contributed by atoms with Crippen LogP contribution >= 0.6 is 22.9 Å². The number of benzene rings is 2. The highest BCUT2D eigenvalue weighted by Crippen LogP contribution is 2.39. The van der Waals surface area contributed by atoms with Gasteiger partial charge < -0.3 is 23.9 Å². The van der Waals surface area contributed by atoms with E-state index in [-0.39, 0.29) is 22.9 Å². The van der Waals surface area contributed by atoms with E-state index in [0.29, 0.717) is 21.7 Å². The van der Waals surface area contributed by atoms with E-state index in [1.165, 1.54) is 12.1 Å². The lowest BCUT2D eigenvalue weighted by atomic mass is 10.0. The Morgan fingerprint density at radius 2 is 1.82 bits per heavy atom. The zero-order chi connectivity index (χ0) is 27.2. The van der Waals surface area contributed by atoms with Crippen LogP contribution in [0.1, 0.15) is 22.8 Å². The molecule has 0 saturated carbocycles. The molecule has 9 nitrogen and oxygen atoms in total. The Balaban J connectivity index is 1.38. The van der Waals surface area contributed by atoms with Crippen LogP contribution in [0.25, 0.3) is 22.1 Å². The lowest BCUT2D eigenvalue weighted by Gasteiger charge is -2.10. The van der Waals surface area contributed by atoms with Crippen molar-refractivity contribution < 1.29 is 33.0 Å². The first-order valence-corrected chi connectivity index (χ1v) is 12.7. The van der Waals surface area contributed by atoms with Gasteiger partial charge in [-0.05, 0) is 37.6 Å². The van der Waals surface area contributed by atoms with Crippen LogP contribution in [0.2, 0.25) is 5.02 Å². The van der Waals surface area contributed by atoms with Crippen molar-refractivity contribution in [3.8, 4) is 16.9 Å². The number of ether oxygens (including phenoxy) is 3. The maximum absolute atomic E-state index is 12.7. The monoisotopic (exact) mass is 555 g/mol. The standard InChI is InChI=1S/C27H22ClNO8S/c1-3-34-27(33)25-19(18-6-4-5-7-20(18)28)14-38-26(25)29-22(30)12-36-24(32)13-35-16-8-9-17-15(2)10-23(31)37-21(17)11-16/h4-11,14H,3,12-13H2,1-2H3,(H,29,30). The largest absolute Gasteiger partial charge is 0.482 e. The molecule has 0 bridgehead atoms. The molecule has 11 heteroatoms. The number of carbonyl (C=O) groups excluding carboxylic acids is 3. The van der Waals surface area contributed by atoms with E-state index >= 15 is 0 Å². The third-order valence-corrected chi connectivity index (χ3v) is 6.56. The number of nitrogens with one attached hydrogen (secondary N) is 1. The Morgan fingerprint density at radius 3 is 2.58 bits per heavy atom. The minimum absolute atomic E-state index is 0.143. The third kappa shape index (κ3) is 6.21. The van der Waals surface area contributed by atoms with Crippen molar-refractivity contribution in [3.63, 3.8) is 0 Å². The van der Waals surface area contributed by atoms with Crippen molar-refractivity contribution >= 4 is 56.8 Å². The number of anilines is 1. The SMILES string of the molecule is CCOC(=O)c1c(-c2ccccc2Cl)csc1NC(=O)COC(=O)COc1ccc2c(C)cc(=O)oc2c1. The number of halogens is 1. The van der Waals surface area contributed by atoms with E-state index in [4.69, 9.17) is 30.2 Å². The number of thiophene rings is 1. The predicted octanol–water partition coefficient (Wildman–Crippen LogP) is 5.22. The summed E-state index contributed by atoms with van der Waals surface area (Å²) in [7, 11) is 0. The van der Waals surface area contributed by atoms with E-state index in [2.05, 4.69) is 5.32 Å². The first kappa shape index (κ1) is 26.9.